The van der Waals surface area contributed by atoms with Crippen LogP contribution in [0.1, 0.15) is 200 Å². The van der Waals surface area contributed by atoms with E-state index < -0.39 is 13.9 Å². The van der Waals surface area contributed by atoms with E-state index in [1.807, 2.05) is 27.2 Å². The summed E-state index contributed by atoms with van der Waals surface area (Å²) in [6.07, 6.45) is 43.1. The van der Waals surface area contributed by atoms with Crippen molar-refractivity contribution in [3.8, 4) is 0 Å². The molecule has 0 fully saturated rings. The number of carbonyl (C=O) groups excluding carboxylic acids is 1. The first kappa shape index (κ1) is 51.8. The molecule has 0 radical (unpaired) electrons. The predicted molar refractivity (Wildman–Crippen MR) is 224 cm³/mol. The second-order valence-corrected chi connectivity index (χ2v) is 17.6. The van der Waals surface area contributed by atoms with E-state index in [1.54, 1.807) is 6.26 Å². The van der Waals surface area contributed by atoms with Crippen molar-refractivity contribution in [2.45, 2.75) is 206 Å². The van der Waals surface area contributed by atoms with Crippen molar-refractivity contribution in [3.05, 3.63) is 24.5 Å². The number of unbranched alkanes of at least 4 members (excludes halogenated alkanes) is 25. The Bertz CT molecular complexity index is 905. The highest BCUT2D eigenvalue weighted by Crippen LogP contribution is 2.43. The van der Waals surface area contributed by atoms with Gasteiger partial charge in [-0.05, 0) is 51.0 Å². The topological polar surface area (TPSA) is 91.3 Å². The highest BCUT2D eigenvalue weighted by molar-refractivity contribution is 7.47. The Hall–Kier alpha value is -1.18. The molecule has 9 heteroatoms. The number of phosphoric acid groups is 1. The Morgan fingerprint density at radius 2 is 1.00 bits per heavy atom. The van der Waals surface area contributed by atoms with E-state index in [9.17, 15) is 14.3 Å². The summed E-state index contributed by atoms with van der Waals surface area (Å²) in [6, 6.07) is 0. The Balaban J connectivity index is 4.30. The summed E-state index contributed by atoms with van der Waals surface area (Å²) in [4.78, 5) is 22.8. The lowest BCUT2D eigenvalue weighted by Gasteiger charge is -2.24. The minimum Gasteiger partial charge on any atom is -0.498 e. The van der Waals surface area contributed by atoms with Crippen LogP contribution >= 0.6 is 7.82 Å². The molecule has 0 aromatic carbocycles. The summed E-state index contributed by atoms with van der Waals surface area (Å²) in [6.45, 7) is 4.93. The number of nitrogens with zero attached hydrogens (tertiary/aromatic N) is 1. The van der Waals surface area contributed by atoms with Crippen LogP contribution < -0.4 is 0 Å². The lowest BCUT2D eigenvalue weighted by Crippen LogP contribution is -2.37. The van der Waals surface area contributed by atoms with Crippen LogP contribution in [0.4, 0.5) is 0 Å². The number of ether oxygens (including phenoxy) is 2. The molecule has 1 N–H and O–H groups in total. The quantitative estimate of drug-likeness (QED) is 0.0165. The number of quaternary nitrogens is 1. The number of esters is 1. The van der Waals surface area contributed by atoms with Gasteiger partial charge >= 0.3 is 13.8 Å². The molecular formula is C44H87NO7P+. The molecule has 0 aliphatic carbocycles. The van der Waals surface area contributed by atoms with E-state index in [2.05, 4.69) is 26.0 Å². The lowest BCUT2D eigenvalue weighted by molar-refractivity contribution is -0.870. The highest BCUT2D eigenvalue weighted by atomic mass is 31.2. The SMILES string of the molecule is CCCCCCCCCCC/C=C/CCCCC(=O)O[C@H](CO/C=C/CCCCCCCCCCCCCCCC)COP(=O)(O)OCC[N+](C)(C)C. The maximum absolute atomic E-state index is 12.7. The number of carbonyl (C=O) groups is 1. The van der Waals surface area contributed by atoms with Gasteiger partial charge in [-0.15, -0.1) is 0 Å². The zero-order valence-corrected chi connectivity index (χ0v) is 36.4. The van der Waals surface area contributed by atoms with Gasteiger partial charge in [0.25, 0.3) is 0 Å². The summed E-state index contributed by atoms with van der Waals surface area (Å²) >= 11 is 0. The van der Waals surface area contributed by atoms with Crippen LogP contribution in [0.3, 0.4) is 0 Å². The molecular weight excluding hydrogens is 685 g/mol. The molecule has 0 spiro atoms. The number of hydrogen-bond donors (Lipinski definition) is 1. The second kappa shape index (κ2) is 37.7. The van der Waals surface area contributed by atoms with Crippen molar-refractivity contribution in [1.29, 1.82) is 0 Å². The molecule has 314 valence electrons. The third-order valence-electron chi connectivity index (χ3n) is 9.58. The fourth-order valence-electron chi connectivity index (χ4n) is 6.10. The number of likely N-dealkylation sites (N-methyl/N-ethyl adjacent to an activating group) is 1. The molecule has 0 saturated heterocycles. The average Bonchev–Trinajstić information content (AvgIpc) is 3.11. The zero-order valence-electron chi connectivity index (χ0n) is 35.5. The Morgan fingerprint density at radius 1 is 0.585 bits per heavy atom. The van der Waals surface area contributed by atoms with Gasteiger partial charge in [0.2, 0.25) is 0 Å². The average molecular weight is 773 g/mol. The third-order valence-corrected chi connectivity index (χ3v) is 10.6. The van der Waals surface area contributed by atoms with Crippen molar-refractivity contribution in [3.63, 3.8) is 0 Å². The Kier molecular flexibility index (Phi) is 36.9. The molecule has 2 atom stereocenters. The van der Waals surface area contributed by atoms with Crippen molar-refractivity contribution in [1.82, 2.24) is 0 Å². The van der Waals surface area contributed by atoms with Gasteiger partial charge in [-0.3, -0.25) is 13.8 Å². The summed E-state index contributed by atoms with van der Waals surface area (Å²) < 4.78 is 34.7. The first-order chi connectivity index (χ1) is 25.6. The first-order valence-corrected chi connectivity index (χ1v) is 23.6. The smallest absolute Gasteiger partial charge is 0.472 e. The fraction of sp³-hybridized carbons (Fsp3) is 0.886. The predicted octanol–water partition coefficient (Wildman–Crippen LogP) is 13.2. The maximum Gasteiger partial charge on any atom is 0.472 e. The molecule has 0 aliphatic heterocycles. The van der Waals surface area contributed by atoms with Gasteiger partial charge in [-0.1, -0.05) is 161 Å². The van der Waals surface area contributed by atoms with Crippen LogP contribution in [0, 0.1) is 0 Å². The van der Waals surface area contributed by atoms with Crippen molar-refractivity contribution >= 4 is 13.8 Å². The summed E-state index contributed by atoms with van der Waals surface area (Å²) in [5.41, 5.74) is 0. The summed E-state index contributed by atoms with van der Waals surface area (Å²) in [5.74, 6) is -0.356. The standard InChI is InChI=1S/C44H86NO7P/c1-6-8-10-12-14-16-18-20-22-24-26-28-30-32-34-36-39-49-41-43(42-51-53(47,48)50-40-38-45(3,4)5)52-44(46)37-35-33-31-29-27-25-23-21-19-17-15-13-11-9-7-2/h27,29,36,39,43H,6-26,28,30-35,37-38,40-42H2,1-5H3/p+1/b29-27+,39-36+/t43-/m1/s1. The van der Waals surface area contributed by atoms with Gasteiger partial charge in [0.05, 0.1) is 34.0 Å². The molecule has 0 rings (SSSR count). The van der Waals surface area contributed by atoms with Gasteiger partial charge in [0, 0.05) is 6.42 Å². The number of phosphoric ester groups is 1. The van der Waals surface area contributed by atoms with Crippen LogP contribution in [-0.4, -0.2) is 69.0 Å². The number of allylic oxidation sites excluding steroid dienone is 3. The molecule has 0 aliphatic rings. The van der Waals surface area contributed by atoms with Crippen molar-refractivity contribution < 1.29 is 37.3 Å². The van der Waals surface area contributed by atoms with Gasteiger partial charge in [-0.2, -0.15) is 0 Å². The third kappa shape index (κ3) is 41.8. The molecule has 0 saturated carbocycles. The van der Waals surface area contributed by atoms with E-state index in [4.69, 9.17) is 18.5 Å². The second-order valence-electron chi connectivity index (χ2n) is 16.1. The monoisotopic (exact) mass is 773 g/mol. The first-order valence-electron chi connectivity index (χ1n) is 22.1. The van der Waals surface area contributed by atoms with Gasteiger partial charge in [-0.25, -0.2) is 4.57 Å². The maximum atomic E-state index is 12.7. The summed E-state index contributed by atoms with van der Waals surface area (Å²) in [5, 5.41) is 0. The van der Waals surface area contributed by atoms with E-state index in [-0.39, 0.29) is 32.2 Å². The van der Waals surface area contributed by atoms with E-state index in [0.29, 0.717) is 11.0 Å². The van der Waals surface area contributed by atoms with Gasteiger partial charge in [0.1, 0.15) is 19.8 Å². The molecule has 53 heavy (non-hydrogen) atoms. The zero-order chi connectivity index (χ0) is 39.1. The molecule has 0 aromatic heterocycles. The van der Waals surface area contributed by atoms with Crippen LogP contribution in [0.5, 0.6) is 0 Å². The Labute approximate surface area is 328 Å². The highest BCUT2D eigenvalue weighted by Gasteiger charge is 2.26. The normalized spacial score (nSPS) is 13.9. The van der Waals surface area contributed by atoms with Crippen molar-refractivity contribution in [2.75, 3.05) is 47.5 Å². The van der Waals surface area contributed by atoms with Crippen LogP contribution in [0.25, 0.3) is 0 Å². The van der Waals surface area contributed by atoms with Gasteiger partial charge < -0.3 is 18.9 Å². The van der Waals surface area contributed by atoms with Crippen LogP contribution in [0.2, 0.25) is 0 Å². The fourth-order valence-corrected chi connectivity index (χ4v) is 6.84. The molecule has 0 heterocycles. The molecule has 0 aromatic rings. The van der Waals surface area contributed by atoms with E-state index in [0.717, 1.165) is 38.5 Å². The molecule has 1 unspecified atom stereocenters. The van der Waals surface area contributed by atoms with Gasteiger partial charge in [0.15, 0.2) is 6.10 Å². The minimum atomic E-state index is -4.29. The van der Waals surface area contributed by atoms with E-state index >= 15 is 0 Å². The molecule has 8 nitrogen and oxygen atoms in total. The lowest BCUT2D eigenvalue weighted by atomic mass is 10.0. The molecule has 0 bridgehead atoms. The molecule has 0 amide bonds. The van der Waals surface area contributed by atoms with E-state index in [1.165, 1.54) is 141 Å². The number of rotatable bonds is 41. The van der Waals surface area contributed by atoms with Crippen LogP contribution in [-0.2, 0) is 27.9 Å². The minimum absolute atomic E-state index is 0.0431. The largest absolute Gasteiger partial charge is 0.498 e. The van der Waals surface area contributed by atoms with Crippen molar-refractivity contribution in [2.24, 2.45) is 0 Å². The summed E-state index contributed by atoms with van der Waals surface area (Å²) in [7, 11) is 1.63. The Morgan fingerprint density at radius 3 is 1.45 bits per heavy atom. The van der Waals surface area contributed by atoms with Crippen LogP contribution in [0.15, 0.2) is 24.5 Å². The number of hydrogen-bond acceptors (Lipinski definition) is 6.